The van der Waals surface area contributed by atoms with Crippen LogP contribution in [-0.4, -0.2) is 50.7 Å². The predicted molar refractivity (Wildman–Crippen MR) is 118 cm³/mol. The topological polar surface area (TPSA) is 63.6 Å². The van der Waals surface area contributed by atoms with E-state index in [9.17, 15) is 8.42 Å². The third kappa shape index (κ3) is 4.65. The van der Waals surface area contributed by atoms with Crippen molar-refractivity contribution in [2.45, 2.75) is 10.9 Å². The summed E-state index contributed by atoms with van der Waals surface area (Å²) in [5.74, 6) is 0. The number of ether oxygens (including phenoxy) is 1. The summed E-state index contributed by atoms with van der Waals surface area (Å²) in [6, 6.07) is 20.9. The maximum absolute atomic E-state index is 13.0. The van der Waals surface area contributed by atoms with Crippen molar-refractivity contribution in [3.8, 4) is 11.1 Å². The number of aromatic nitrogens is 1. The van der Waals surface area contributed by atoms with Gasteiger partial charge in [-0.3, -0.25) is 4.90 Å². The first-order valence-electron chi connectivity index (χ1n) is 10.1. The zero-order valence-electron chi connectivity index (χ0n) is 17.1. The third-order valence-electron chi connectivity index (χ3n) is 5.55. The van der Waals surface area contributed by atoms with Crippen LogP contribution in [0.5, 0.6) is 0 Å². The maximum Gasteiger partial charge on any atom is 0.240 e. The fraction of sp³-hybridized carbons (Fsp3) is 0.304. The standard InChI is InChI=1S/C23H27N3O3S/c1-25-13-5-8-22(25)23(26-14-16-29-17-15-26)18-24-30(27,28)21-11-9-20(10-12-21)19-6-3-2-4-7-19/h2-13,23-24H,14-18H2,1H3. The van der Waals surface area contributed by atoms with E-state index in [4.69, 9.17) is 4.74 Å². The molecule has 0 spiro atoms. The Balaban J connectivity index is 1.50. The van der Waals surface area contributed by atoms with Gasteiger partial charge in [0, 0.05) is 38.6 Å². The van der Waals surface area contributed by atoms with Crippen LogP contribution >= 0.6 is 0 Å². The average molecular weight is 426 g/mol. The normalized spacial score (nSPS) is 16.4. The Bertz CT molecular complexity index is 1060. The summed E-state index contributed by atoms with van der Waals surface area (Å²) >= 11 is 0. The van der Waals surface area contributed by atoms with Gasteiger partial charge < -0.3 is 9.30 Å². The van der Waals surface area contributed by atoms with Gasteiger partial charge in [0.25, 0.3) is 0 Å². The largest absolute Gasteiger partial charge is 0.379 e. The molecular formula is C23H27N3O3S. The fourth-order valence-corrected chi connectivity index (χ4v) is 4.90. The van der Waals surface area contributed by atoms with Crippen LogP contribution in [0.2, 0.25) is 0 Å². The molecule has 2 heterocycles. The van der Waals surface area contributed by atoms with Crippen LogP contribution in [0.3, 0.4) is 0 Å². The molecule has 1 aliphatic rings. The molecule has 0 radical (unpaired) electrons. The van der Waals surface area contributed by atoms with Gasteiger partial charge in [0.15, 0.2) is 0 Å². The van der Waals surface area contributed by atoms with Crippen LogP contribution in [0.25, 0.3) is 11.1 Å². The summed E-state index contributed by atoms with van der Waals surface area (Å²) < 4.78 is 36.3. The van der Waals surface area contributed by atoms with Gasteiger partial charge >= 0.3 is 0 Å². The molecule has 1 aliphatic heterocycles. The Hall–Kier alpha value is -2.45. The Kier molecular flexibility index (Phi) is 6.34. The summed E-state index contributed by atoms with van der Waals surface area (Å²) in [6.45, 7) is 3.19. The molecule has 1 atom stereocenters. The number of nitrogens with zero attached hydrogens (tertiary/aromatic N) is 2. The molecule has 0 aliphatic carbocycles. The summed E-state index contributed by atoms with van der Waals surface area (Å²) in [7, 11) is -1.63. The molecule has 0 amide bonds. The number of morpholine rings is 1. The van der Waals surface area contributed by atoms with Crippen molar-refractivity contribution in [1.82, 2.24) is 14.2 Å². The van der Waals surface area contributed by atoms with Gasteiger partial charge in [0.2, 0.25) is 10.0 Å². The highest BCUT2D eigenvalue weighted by Gasteiger charge is 2.26. The number of nitrogens with one attached hydrogen (secondary N) is 1. The lowest BCUT2D eigenvalue weighted by Gasteiger charge is -2.34. The first kappa shape index (κ1) is 20.8. The van der Waals surface area contributed by atoms with Gasteiger partial charge in [-0.05, 0) is 35.4 Å². The number of hydrogen-bond acceptors (Lipinski definition) is 4. The number of benzene rings is 2. The lowest BCUT2D eigenvalue weighted by Crippen LogP contribution is -2.44. The molecule has 2 aromatic carbocycles. The minimum Gasteiger partial charge on any atom is -0.379 e. The third-order valence-corrected chi connectivity index (χ3v) is 6.99. The van der Waals surface area contributed by atoms with Gasteiger partial charge in [-0.15, -0.1) is 0 Å². The van der Waals surface area contributed by atoms with Gasteiger partial charge in [-0.1, -0.05) is 42.5 Å². The SMILES string of the molecule is Cn1cccc1C(CNS(=O)(=O)c1ccc(-c2ccccc2)cc1)N1CCOCC1. The molecule has 0 bridgehead atoms. The Morgan fingerprint density at radius 2 is 1.60 bits per heavy atom. The van der Waals surface area contributed by atoms with Gasteiger partial charge in [0.1, 0.15) is 0 Å². The zero-order chi connectivity index (χ0) is 21.0. The molecule has 1 aromatic heterocycles. The molecule has 6 nitrogen and oxygen atoms in total. The molecule has 4 rings (SSSR count). The van der Waals surface area contributed by atoms with Crippen LogP contribution in [0, 0.1) is 0 Å². The monoisotopic (exact) mass is 425 g/mol. The highest BCUT2D eigenvalue weighted by Crippen LogP contribution is 2.24. The van der Waals surface area contributed by atoms with E-state index in [-0.39, 0.29) is 10.9 Å². The summed E-state index contributed by atoms with van der Waals surface area (Å²) in [5.41, 5.74) is 3.13. The quantitative estimate of drug-likeness (QED) is 0.632. The van der Waals surface area contributed by atoms with Crippen LogP contribution in [0.4, 0.5) is 0 Å². The second-order valence-corrected chi connectivity index (χ2v) is 9.22. The molecule has 0 saturated carbocycles. The van der Waals surface area contributed by atoms with Crippen LogP contribution < -0.4 is 4.72 Å². The predicted octanol–water partition coefficient (Wildman–Crippen LogP) is 3.04. The summed E-state index contributed by atoms with van der Waals surface area (Å²) in [4.78, 5) is 2.55. The second-order valence-electron chi connectivity index (χ2n) is 7.45. The summed E-state index contributed by atoms with van der Waals surface area (Å²) in [6.07, 6.45) is 1.99. The Labute approximate surface area is 178 Å². The van der Waals surface area contributed by atoms with E-state index < -0.39 is 10.0 Å². The van der Waals surface area contributed by atoms with Gasteiger partial charge in [0.05, 0.1) is 24.2 Å². The van der Waals surface area contributed by atoms with Crippen LogP contribution in [0.1, 0.15) is 11.7 Å². The van der Waals surface area contributed by atoms with Crippen molar-refractivity contribution in [1.29, 1.82) is 0 Å². The molecular weight excluding hydrogens is 398 g/mol. The second kappa shape index (κ2) is 9.14. The first-order chi connectivity index (χ1) is 14.5. The zero-order valence-corrected chi connectivity index (χ0v) is 17.9. The molecule has 158 valence electrons. The average Bonchev–Trinajstić information content (AvgIpc) is 3.21. The van der Waals surface area contributed by atoms with E-state index >= 15 is 0 Å². The summed E-state index contributed by atoms with van der Waals surface area (Å²) in [5, 5.41) is 0. The molecule has 3 aromatic rings. The molecule has 30 heavy (non-hydrogen) atoms. The maximum atomic E-state index is 13.0. The van der Waals surface area contributed by atoms with E-state index in [0.29, 0.717) is 19.8 Å². The number of rotatable bonds is 7. The van der Waals surface area contributed by atoms with Crippen LogP contribution in [0.15, 0.2) is 77.8 Å². The van der Waals surface area contributed by atoms with E-state index in [1.54, 1.807) is 12.1 Å². The molecule has 7 heteroatoms. The van der Waals surface area contributed by atoms with Crippen LogP contribution in [-0.2, 0) is 21.8 Å². The minimum absolute atomic E-state index is 0.0488. The van der Waals surface area contributed by atoms with E-state index in [2.05, 4.69) is 9.62 Å². The molecule has 1 saturated heterocycles. The molecule has 1 fully saturated rings. The minimum atomic E-state index is -3.61. The smallest absolute Gasteiger partial charge is 0.240 e. The highest BCUT2D eigenvalue weighted by molar-refractivity contribution is 7.89. The Morgan fingerprint density at radius 3 is 2.23 bits per heavy atom. The van der Waals surface area contributed by atoms with Crippen molar-refractivity contribution in [2.75, 3.05) is 32.8 Å². The van der Waals surface area contributed by atoms with Crippen molar-refractivity contribution >= 4 is 10.0 Å². The van der Waals surface area contributed by atoms with Crippen molar-refractivity contribution in [2.24, 2.45) is 7.05 Å². The van der Waals surface area contributed by atoms with E-state index in [1.165, 1.54) is 0 Å². The number of aryl methyl sites for hydroxylation is 1. The lowest BCUT2D eigenvalue weighted by molar-refractivity contribution is 0.0158. The first-order valence-corrected chi connectivity index (χ1v) is 11.6. The van der Waals surface area contributed by atoms with E-state index in [0.717, 1.165) is 29.9 Å². The van der Waals surface area contributed by atoms with Crippen molar-refractivity contribution in [3.05, 3.63) is 78.6 Å². The highest BCUT2D eigenvalue weighted by atomic mass is 32.2. The van der Waals surface area contributed by atoms with Gasteiger partial charge in [-0.2, -0.15) is 0 Å². The lowest BCUT2D eigenvalue weighted by atomic mass is 10.1. The van der Waals surface area contributed by atoms with Crippen molar-refractivity contribution < 1.29 is 13.2 Å². The Morgan fingerprint density at radius 1 is 0.933 bits per heavy atom. The van der Waals surface area contributed by atoms with E-state index in [1.807, 2.05) is 72.4 Å². The van der Waals surface area contributed by atoms with Crippen molar-refractivity contribution in [3.63, 3.8) is 0 Å². The number of hydrogen-bond donors (Lipinski definition) is 1. The van der Waals surface area contributed by atoms with Gasteiger partial charge in [-0.25, -0.2) is 13.1 Å². The fourth-order valence-electron chi connectivity index (χ4n) is 3.86. The molecule has 1 unspecified atom stereocenters. The molecule has 1 N–H and O–H groups in total. The number of sulfonamides is 1.